The van der Waals surface area contributed by atoms with Crippen molar-refractivity contribution in [1.82, 2.24) is 15.8 Å². The number of nitrogens with one attached hydrogen (secondary N) is 2. The Morgan fingerprint density at radius 1 is 1.43 bits per heavy atom. The van der Waals surface area contributed by atoms with Crippen molar-refractivity contribution < 1.29 is 18.8 Å². The van der Waals surface area contributed by atoms with Crippen molar-refractivity contribution in [3.63, 3.8) is 0 Å². The van der Waals surface area contributed by atoms with Gasteiger partial charge in [-0.05, 0) is 24.6 Å². The first-order valence-corrected chi connectivity index (χ1v) is 6.42. The molecule has 3 N–H and O–H groups in total. The van der Waals surface area contributed by atoms with Gasteiger partial charge in [0.1, 0.15) is 17.3 Å². The molecule has 1 heterocycles. The molecule has 0 aliphatic rings. The average Bonchev–Trinajstić information content (AvgIpc) is 2.88. The lowest BCUT2D eigenvalue weighted by atomic mass is 10.1. The molecule has 1 atom stereocenters. The maximum atomic E-state index is 13.0. The van der Waals surface area contributed by atoms with Gasteiger partial charge in [-0.15, -0.1) is 0 Å². The molecule has 2 rings (SSSR count). The van der Waals surface area contributed by atoms with Crippen LogP contribution in [0.4, 0.5) is 9.18 Å². The van der Waals surface area contributed by atoms with Gasteiger partial charge in [0.2, 0.25) is 0 Å². The molecule has 2 aromatic rings. The van der Waals surface area contributed by atoms with E-state index in [-0.39, 0.29) is 13.1 Å². The minimum Gasteiger partial charge on any atom is -0.387 e. The lowest BCUT2D eigenvalue weighted by molar-refractivity contribution is 0.172. The lowest BCUT2D eigenvalue weighted by Gasteiger charge is -2.12. The van der Waals surface area contributed by atoms with Crippen LogP contribution in [-0.2, 0) is 6.54 Å². The molecule has 112 valence electrons. The van der Waals surface area contributed by atoms with Crippen LogP contribution >= 0.6 is 0 Å². The van der Waals surface area contributed by atoms with E-state index in [9.17, 15) is 14.3 Å². The van der Waals surface area contributed by atoms with Crippen molar-refractivity contribution in [2.75, 3.05) is 6.54 Å². The van der Waals surface area contributed by atoms with Crippen molar-refractivity contribution in [3.8, 4) is 0 Å². The summed E-state index contributed by atoms with van der Waals surface area (Å²) in [5.41, 5.74) is 1.01. The van der Waals surface area contributed by atoms with Gasteiger partial charge in [0.15, 0.2) is 0 Å². The first-order chi connectivity index (χ1) is 10.0. The van der Waals surface area contributed by atoms with Crippen LogP contribution in [0.5, 0.6) is 0 Å². The Morgan fingerprint density at radius 2 is 2.24 bits per heavy atom. The number of urea groups is 1. The molecule has 0 bridgehead atoms. The Hall–Kier alpha value is -2.41. The highest BCUT2D eigenvalue weighted by Gasteiger charge is 2.10. The Bertz CT molecular complexity index is 615. The predicted molar refractivity (Wildman–Crippen MR) is 72.8 cm³/mol. The highest BCUT2D eigenvalue weighted by atomic mass is 19.1. The highest BCUT2D eigenvalue weighted by molar-refractivity contribution is 5.73. The van der Waals surface area contributed by atoms with E-state index >= 15 is 0 Å². The Morgan fingerprint density at radius 3 is 2.90 bits per heavy atom. The summed E-state index contributed by atoms with van der Waals surface area (Å²) < 4.78 is 17.9. The van der Waals surface area contributed by atoms with Crippen LogP contribution in [0.2, 0.25) is 0 Å². The molecule has 6 nitrogen and oxygen atoms in total. The first kappa shape index (κ1) is 15.0. The number of aryl methyl sites for hydroxylation is 1. The van der Waals surface area contributed by atoms with Gasteiger partial charge in [0, 0.05) is 12.6 Å². The largest absolute Gasteiger partial charge is 0.387 e. The number of halogens is 1. The van der Waals surface area contributed by atoms with Crippen LogP contribution in [0, 0.1) is 12.7 Å². The van der Waals surface area contributed by atoms with E-state index in [1.807, 2.05) is 0 Å². The second kappa shape index (κ2) is 6.85. The molecule has 1 aromatic carbocycles. The molecular weight excluding hydrogens is 277 g/mol. The molecule has 7 heteroatoms. The van der Waals surface area contributed by atoms with Gasteiger partial charge < -0.3 is 20.3 Å². The summed E-state index contributed by atoms with van der Waals surface area (Å²) >= 11 is 0. The molecule has 0 saturated heterocycles. The number of benzene rings is 1. The van der Waals surface area contributed by atoms with E-state index in [0.29, 0.717) is 17.0 Å². The fourth-order valence-electron chi connectivity index (χ4n) is 1.76. The van der Waals surface area contributed by atoms with Crippen molar-refractivity contribution >= 4 is 6.03 Å². The molecular formula is C14H16FN3O3. The zero-order valence-electron chi connectivity index (χ0n) is 11.5. The van der Waals surface area contributed by atoms with E-state index in [4.69, 9.17) is 4.52 Å². The van der Waals surface area contributed by atoms with Gasteiger partial charge in [-0.2, -0.15) is 0 Å². The van der Waals surface area contributed by atoms with Crippen LogP contribution in [-0.4, -0.2) is 22.8 Å². The Balaban J connectivity index is 1.75. The van der Waals surface area contributed by atoms with Crippen molar-refractivity contribution in [3.05, 3.63) is 53.2 Å². The summed E-state index contributed by atoms with van der Waals surface area (Å²) in [6.07, 6.45) is -0.972. The second-order valence-corrected chi connectivity index (χ2v) is 4.56. The smallest absolute Gasteiger partial charge is 0.315 e. The maximum Gasteiger partial charge on any atom is 0.315 e. The monoisotopic (exact) mass is 293 g/mol. The summed E-state index contributed by atoms with van der Waals surface area (Å²) in [5, 5.41) is 18.6. The number of hydrogen-bond acceptors (Lipinski definition) is 4. The molecule has 0 saturated carbocycles. The quantitative estimate of drug-likeness (QED) is 0.782. The van der Waals surface area contributed by atoms with Gasteiger partial charge in [0.25, 0.3) is 0 Å². The van der Waals surface area contributed by atoms with Crippen LogP contribution in [0.1, 0.15) is 23.1 Å². The summed E-state index contributed by atoms with van der Waals surface area (Å²) in [7, 11) is 0. The fourth-order valence-corrected chi connectivity index (χ4v) is 1.76. The Kier molecular flexibility index (Phi) is 4.89. The first-order valence-electron chi connectivity index (χ1n) is 6.42. The number of hydrogen-bond donors (Lipinski definition) is 3. The van der Waals surface area contributed by atoms with E-state index in [2.05, 4.69) is 15.8 Å². The summed E-state index contributed by atoms with van der Waals surface area (Å²) in [6.45, 7) is 1.96. The van der Waals surface area contributed by atoms with Crippen LogP contribution in [0.15, 0.2) is 34.9 Å². The average molecular weight is 293 g/mol. The van der Waals surface area contributed by atoms with Gasteiger partial charge >= 0.3 is 6.03 Å². The van der Waals surface area contributed by atoms with Crippen LogP contribution in [0.3, 0.4) is 0 Å². The molecule has 0 radical (unpaired) electrons. The number of carbonyl (C=O) groups is 1. The van der Waals surface area contributed by atoms with Gasteiger partial charge in [-0.1, -0.05) is 17.3 Å². The third kappa shape index (κ3) is 4.57. The fraction of sp³-hybridized carbons (Fsp3) is 0.286. The Labute approximate surface area is 120 Å². The summed E-state index contributed by atoms with van der Waals surface area (Å²) in [4.78, 5) is 11.6. The number of aliphatic hydroxyl groups is 1. The number of amides is 2. The second-order valence-electron chi connectivity index (χ2n) is 4.56. The van der Waals surface area contributed by atoms with Crippen molar-refractivity contribution in [2.24, 2.45) is 0 Å². The third-order valence-electron chi connectivity index (χ3n) is 2.80. The van der Waals surface area contributed by atoms with Crippen molar-refractivity contribution in [2.45, 2.75) is 19.6 Å². The molecule has 0 fully saturated rings. The topological polar surface area (TPSA) is 87.4 Å². The lowest BCUT2D eigenvalue weighted by Crippen LogP contribution is -2.37. The molecule has 2 amide bonds. The molecule has 21 heavy (non-hydrogen) atoms. The van der Waals surface area contributed by atoms with Gasteiger partial charge in [0.05, 0.1) is 12.6 Å². The summed E-state index contributed by atoms with van der Waals surface area (Å²) in [5.74, 6) is 0.228. The minimum absolute atomic E-state index is 0.0207. The molecule has 0 aliphatic heterocycles. The molecule has 0 aliphatic carbocycles. The predicted octanol–water partition coefficient (Wildman–Crippen LogP) is 1.65. The SMILES string of the molecule is Cc1cc(CNC(=O)NC[C@H](O)c2cccc(F)c2)no1. The standard InChI is InChI=1S/C14H16FN3O3/c1-9-5-12(18-21-9)7-16-14(20)17-8-13(19)10-3-2-4-11(15)6-10/h2-6,13,19H,7-8H2,1H3,(H2,16,17,20)/t13-/m0/s1. The number of rotatable bonds is 5. The number of aromatic nitrogens is 1. The number of carbonyl (C=O) groups excluding carboxylic acids is 1. The van der Waals surface area contributed by atoms with Gasteiger partial charge in [-0.25, -0.2) is 9.18 Å². The van der Waals surface area contributed by atoms with E-state index < -0.39 is 18.0 Å². The molecule has 0 spiro atoms. The third-order valence-corrected chi connectivity index (χ3v) is 2.80. The normalized spacial score (nSPS) is 12.0. The zero-order valence-corrected chi connectivity index (χ0v) is 11.5. The van der Waals surface area contributed by atoms with Crippen LogP contribution < -0.4 is 10.6 Å². The van der Waals surface area contributed by atoms with Crippen molar-refractivity contribution in [1.29, 1.82) is 0 Å². The van der Waals surface area contributed by atoms with Gasteiger partial charge in [-0.3, -0.25) is 0 Å². The summed E-state index contributed by atoms with van der Waals surface area (Å²) in [6, 6.07) is 6.86. The minimum atomic E-state index is -0.972. The van der Waals surface area contributed by atoms with Crippen LogP contribution in [0.25, 0.3) is 0 Å². The van der Waals surface area contributed by atoms with E-state index in [1.54, 1.807) is 19.1 Å². The number of aliphatic hydroxyl groups excluding tert-OH is 1. The van der Waals surface area contributed by atoms with E-state index in [0.717, 1.165) is 0 Å². The maximum absolute atomic E-state index is 13.0. The number of nitrogens with zero attached hydrogens (tertiary/aromatic N) is 1. The molecule has 0 unspecified atom stereocenters. The highest BCUT2D eigenvalue weighted by Crippen LogP contribution is 2.12. The zero-order chi connectivity index (χ0) is 15.2. The molecule has 1 aromatic heterocycles. The van der Waals surface area contributed by atoms with E-state index in [1.165, 1.54) is 18.2 Å².